The number of nitrogens with zero attached hydrogens (tertiary/aromatic N) is 2. The van der Waals surface area contributed by atoms with Crippen molar-refractivity contribution >= 4 is 11.0 Å². The molecule has 2 nitrogen and oxygen atoms in total. The van der Waals surface area contributed by atoms with Crippen LogP contribution in [-0.2, 0) is 6.54 Å². The van der Waals surface area contributed by atoms with Crippen LogP contribution >= 0.6 is 0 Å². The second-order valence-corrected chi connectivity index (χ2v) is 3.62. The molecule has 0 aliphatic heterocycles. The number of benzene rings is 1. The van der Waals surface area contributed by atoms with Crippen molar-refractivity contribution in [2.45, 2.75) is 19.4 Å². The lowest BCUT2D eigenvalue weighted by Gasteiger charge is -2.02. The molecule has 0 radical (unpaired) electrons. The number of hydrogen-bond acceptors (Lipinski definition) is 1. The van der Waals surface area contributed by atoms with E-state index in [9.17, 15) is 8.78 Å². The summed E-state index contributed by atoms with van der Waals surface area (Å²) >= 11 is 0. The Hall–Kier alpha value is -1.71. The number of allylic oxidation sites excluding steroid dienone is 1. The Labute approximate surface area is 92.2 Å². The minimum Gasteiger partial charge on any atom is -0.330 e. The normalized spacial score (nSPS) is 10.9. The van der Waals surface area contributed by atoms with Gasteiger partial charge in [-0.05, 0) is 12.8 Å². The summed E-state index contributed by atoms with van der Waals surface area (Å²) in [7, 11) is 0. The highest BCUT2D eigenvalue weighted by Crippen LogP contribution is 2.17. The lowest BCUT2D eigenvalue weighted by atomic mass is 10.2. The van der Waals surface area contributed by atoms with Crippen LogP contribution in [0.15, 0.2) is 31.1 Å². The standard InChI is InChI=1S/C12H12F2N2/c1-2-3-4-5-16-8-15-11-6-9(13)10(14)7-12(11)16/h2,6-8H,1,3-5H2. The fourth-order valence-electron chi connectivity index (χ4n) is 1.64. The molecule has 0 aliphatic carbocycles. The summed E-state index contributed by atoms with van der Waals surface area (Å²) in [5.41, 5.74) is 1.11. The van der Waals surface area contributed by atoms with Crippen LogP contribution in [0.2, 0.25) is 0 Å². The topological polar surface area (TPSA) is 17.8 Å². The largest absolute Gasteiger partial charge is 0.330 e. The molecule has 0 amide bonds. The maximum absolute atomic E-state index is 13.1. The highest BCUT2D eigenvalue weighted by Gasteiger charge is 2.08. The minimum absolute atomic E-state index is 0.484. The number of hydrogen-bond donors (Lipinski definition) is 0. The third-order valence-electron chi connectivity index (χ3n) is 2.47. The van der Waals surface area contributed by atoms with Crippen LogP contribution in [0.25, 0.3) is 11.0 Å². The van der Waals surface area contributed by atoms with Gasteiger partial charge in [0.2, 0.25) is 0 Å². The van der Waals surface area contributed by atoms with Crippen LogP contribution in [0.4, 0.5) is 8.78 Å². The van der Waals surface area contributed by atoms with Gasteiger partial charge in [0.25, 0.3) is 0 Å². The zero-order valence-corrected chi connectivity index (χ0v) is 8.79. The van der Waals surface area contributed by atoms with E-state index < -0.39 is 11.6 Å². The first-order valence-corrected chi connectivity index (χ1v) is 5.13. The summed E-state index contributed by atoms with van der Waals surface area (Å²) in [5, 5.41) is 0. The highest BCUT2D eigenvalue weighted by atomic mass is 19.2. The number of aryl methyl sites for hydroxylation is 1. The molecule has 1 aromatic carbocycles. The van der Waals surface area contributed by atoms with Gasteiger partial charge in [-0.2, -0.15) is 0 Å². The average Bonchev–Trinajstić information content (AvgIpc) is 2.63. The molecule has 4 heteroatoms. The number of fused-ring (bicyclic) bond motifs is 1. The number of aromatic nitrogens is 2. The van der Waals surface area contributed by atoms with E-state index in [1.807, 2.05) is 10.6 Å². The SMILES string of the molecule is C=CCCCn1cnc2cc(F)c(F)cc21. The van der Waals surface area contributed by atoms with Crippen molar-refractivity contribution in [2.24, 2.45) is 0 Å². The first kappa shape index (κ1) is 10.8. The van der Waals surface area contributed by atoms with Crippen LogP contribution in [0.5, 0.6) is 0 Å². The van der Waals surface area contributed by atoms with Gasteiger partial charge in [0.15, 0.2) is 11.6 Å². The van der Waals surface area contributed by atoms with Crippen molar-refractivity contribution in [3.63, 3.8) is 0 Å². The van der Waals surface area contributed by atoms with E-state index in [0.29, 0.717) is 11.0 Å². The summed E-state index contributed by atoms with van der Waals surface area (Å²) in [4.78, 5) is 4.03. The van der Waals surface area contributed by atoms with Gasteiger partial charge in [-0.1, -0.05) is 6.08 Å². The summed E-state index contributed by atoms with van der Waals surface area (Å²) in [6, 6.07) is 2.31. The Morgan fingerprint density at radius 3 is 2.81 bits per heavy atom. The molecule has 0 unspecified atom stereocenters. The Balaban J connectivity index is 2.32. The zero-order chi connectivity index (χ0) is 11.5. The second-order valence-electron chi connectivity index (χ2n) is 3.62. The first-order chi connectivity index (χ1) is 7.72. The van der Waals surface area contributed by atoms with E-state index in [1.165, 1.54) is 6.07 Å². The van der Waals surface area contributed by atoms with Gasteiger partial charge in [-0.15, -0.1) is 6.58 Å². The maximum Gasteiger partial charge on any atom is 0.161 e. The number of unbranched alkanes of at least 4 members (excludes halogenated alkanes) is 1. The molecule has 0 bridgehead atoms. The molecule has 1 heterocycles. The van der Waals surface area contributed by atoms with Gasteiger partial charge >= 0.3 is 0 Å². The third-order valence-corrected chi connectivity index (χ3v) is 2.47. The fraction of sp³-hybridized carbons (Fsp3) is 0.250. The quantitative estimate of drug-likeness (QED) is 0.573. The molecule has 0 atom stereocenters. The van der Waals surface area contributed by atoms with Crippen LogP contribution < -0.4 is 0 Å². The fourth-order valence-corrected chi connectivity index (χ4v) is 1.64. The third kappa shape index (κ3) is 1.96. The molecular weight excluding hydrogens is 210 g/mol. The van der Waals surface area contributed by atoms with Crippen molar-refractivity contribution < 1.29 is 8.78 Å². The van der Waals surface area contributed by atoms with E-state index in [-0.39, 0.29) is 0 Å². The molecular formula is C12H12F2N2. The lowest BCUT2D eigenvalue weighted by Crippen LogP contribution is -1.96. The second kappa shape index (κ2) is 4.43. The Morgan fingerprint density at radius 2 is 2.06 bits per heavy atom. The summed E-state index contributed by atoms with van der Waals surface area (Å²) in [6.07, 6.45) is 5.24. The molecule has 16 heavy (non-hydrogen) atoms. The molecule has 1 aromatic heterocycles. The molecule has 0 aliphatic rings. The van der Waals surface area contributed by atoms with Gasteiger partial charge in [0, 0.05) is 18.7 Å². The zero-order valence-electron chi connectivity index (χ0n) is 8.79. The molecule has 0 saturated heterocycles. The first-order valence-electron chi connectivity index (χ1n) is 5.13. The smallest absolute Gasteiger partial charge is 0.161 e. The average molecular weight is 222 g/mol. The predicted octanol–water partition coefficient (Wildman–Crippen LogP) is 3.28. The summed E-state index contributed by atoms with van der Waals surface area (Å²) in [5.74, 6) is -1.69. The van der Waals surface area contributed by atoms with E-state index in [0.717, 1.165) is 25.5 Å². The van der Waals surface area contributed by atoms with E-state index >= 15 is 0 Å². The monoisotopic (exact) mass is 222 g/mol. The number of rotatable bonds is 4. The van der Waals surface area contributed by atoms with Gasteiger partial charge < -0.3 is 4.57 Å². The highest BCUT2D eigenvalue weighted by molar-refractivity contribution is 5.75. The van der Waals surface area contributed by atoms with Crippen molar-refractivity contribution in [1.82, 2.24) is 9.55 Å². The van der Waals surface area contributed by atoms with Crippen molar-refractivity contribution in [1.29, 1.82) is 0 Å². The molecule has 84 valence electrons. The molecule has 0 fully saturated rings. The number of halogens is 2. The van der Waals surface area contributed by atoms with E-state index in [4.69, 9.17) is 0 Å². The van der Waals surface area contributed by atoms with Crippen LogP contribution in [0, 0.1) is 11.6 Å². The van der Waals surface area contributed by atoms with E-state index in [1.54, 1.807) is 6.33 Å². The predicted molar refractivity (Wildman–Crippen MR) is 59.1 cm³/mol. The number of imidazole rings is 1. The molecule has 2 rings (SSSR count). The Kier molecular flexibility index (Phi) is 2.99. The van der Waals surface area contributed by atoms with Crippen LogP contribution in [-0.4, -0.2) is 9.55 Å². The Bertz CT molecular complexity index is 517. The molecule has 0 spiro atoms. The van der Waals surface area contributed by atoms with Gasteiger partial charge in [-0.25, -0.2) is 13.8 Å². The molecule has 2 aromatic rings. The van der Waals surface area contributed by atoms with Crippen molar-refractivity contribution in [2.75, 3.05) is 0 Å². The van der Waals surface area contributed by atoms with E-state index in [2.05, 4.69) is 11.6 Å². The Morgan fingerprint density at radius 1 is 1.31 bits per heavy atom. The minimum atomic E-state index is -0.858. The van der Waals surface area contributed by atoms with Crippen molar-refractivity contribution in [3.8, 4) is 0 Å². The van der Waals surface area contributed by atoms with Gasteiger partial charge in [-0.3, -0.25) is 0 Å². The van der Waals surface area contributed by atoms with Crippen LogP contribution in [0.3, 0.4) is 0 Å². The van der Waals surface area contributed by atoms with Crippen LogP contribution in [0.1, 0.15) is 12.8 Å². The maximum atomic E-state index is 13.1. The molecule has 0 N–H and O–H groups in total. The van der Waals surface area contributed by atoms with Gasteiger partial charge in [0.1, 0.15) is 0 Å². The summed E-state index contributed by atoms with van der Waals surface area (Å²) < 4.78 is 27.8. The summed E-state index contributed by atoms with van der Waals surface area (Å²) in [6.45, 7) is 4.36. The molecule has 0 saturated carbocycles. The lowest BCUT2D eigenvalue weighted by molar-refractivity contribution is 0.510. The van der Waals surface area contributed by atoms with Crippen molar-refractivity contribution in [3.05, 3.63) is 42.7 Å². The van der Waals surface area contributed by atoms with Gasteiger partial charge in [0.05, 0.1) is 17.4 Å².